The number of aliphatic hydroxyl groups excluding tert-OH is 1. The van der Waals surface area contributed by atoms with Crippen LogP contribution in [-0.2, 0) is 17.9 Å². The summed E-state index contributed by atoms with van der Waals surface area (Å²) < 4.78 is 12.3. The van der Waals surface area contributed by atoms with Crippen molar-refractivity contribution in [3.63, 3.8) is 0 Å². The van der Waals surface area contributed by atoms with Crippen molar-refractivity contribution in [1.29, 1.82) is 0 Å². The van der Waals surface area contributed by atoms with Gasteiger partial charge in [-0.1, -0.05) is 42.5 Å². The van der Waals surface area contributed by atoms with Crippen molar-refractivity contribution in [2.24, 2.45) is 0 Å². The van der Waals surface area contributed by atoms with E-state index < -0.39 is 6.10 Å². The van der Waals surface area contributed by atoms with E-state index in [2.05, 4.69) is 5.10 Å². The Hall–Kier alpha value is -3.00. The quantitative estimate of drug-likeness (QED) is 0.469. The van der Waals surface area contributed by atoms with Crippen molar-refractivity contribution in [2.45, 2.75) is 19.3 Å². The Morgan fingerprint density at radius 2 is 1.83 bits per heavy atom. The molecule has 0 radical (unpaired) electrons. The molecule has 0 aliphatic carbocycles. The highest BCUT2D eigenvalue weighted by Crippen LogP contribution is 2.28. The number of para-hydroxylation sites is 1. The molecular weight excluding hydrogens is 400 g/mol. The zero-order valence-corrected chi connectivity index (χ0v) is 17.3. The lowest BCUT2D eigenvalue weighted by atomic mass is 10.1. The van der Waals surface area contributed by atoms with E-state index in [9.17, 15) is 9.90 Å². The number of aliphatic hydroxyl groups is 1. The molecule has 6 nitrogen and oxygen atoms in total. The summed E-state index contributed by atoms with van der Waals surface area (Å²) in [5.41, 5.74) is 1.41. The van der Waals surface area contributed by atoms with Crippen LogP contribution < -0.4 is 10.3 Å². The monoisotopic (exact) mass is 422 g/mol. The molecule has 4 rings (SSSR count). The van der Waals surface area contributed by atoms with Gasteiger partial charge in [-0.05, 0) is 23.6 Å². The molecular formula is C23H22N2O4S. The number of thiophene rings is 1. The Kier molecular flexibility index (Phi) is 6.23. The van der Waals surface area contributed by atoms with Crippen LogP contribution in [0.2, 0.25) is 0 Å². The van der Waals surface area contributed by atoms with Crippen LogP contribution >= 0.6 is 11.3 Å². The smallest absolute Gasteiger partial charge is 0.274 e. The molecule has 154 valence electrons. The molecule has 7 heteroatoms. The molecule has 30 heavy (non-hydrogen) atoms. The van der Waals surface area contributed by atoms with Gasteiger partial charge in [-0.2, -0.15) is 5.10 Å². The number of fused-ring (bicyclic) bond motifs is 1. The predicted octanol–water partition coefficient (Wildman–Crippen LogP) is 3.71. The van der Waals surface area contributed by atoms with Crippen LogP contribution in [0.3, 0.4) is 0 Å². The number of rotatable bonds is 8. The highest BCUT2D eigenvalue weighted by atomic mass is 32.1. The van der Waals surface area contributed by atoms with Crippen molar-refractivity contribution in [2.75, 3.05) is 13.7 Å². The Bertz CT molecular complexity index is 1190. The van der Waals surface area contributed by atoms with Gasteiger partial charge >= 0.3 is 0 Å². The van der Waals surface area contributed by atoms with Gasteiger partial charge in [-0.25, -0.2) is 4.68 Å². The van der Waals surface area contributed by atoms with Gasteiger partial charge in [-0.15, -0.1) is 11.3 Å². The van der Waals surface area contributed by atoms with Gasteiger partial charge in [-0.3, -0.25) is 4.79 Å². The first-order valence-corrected chi connectivity index (χ1v) is 10.5. The van der Waals surface area contributed by atoms with Crippen LogP contribution in [0.15, 0.2) is 70.8 Å². The number of hydrogen-bond acceptors (Lipinski definition) is 6. The number of ether oxygens (including phenoxy) is 2. The maximum atomic E-state index is 12.9. The molecule has 0 amide bonds. The van der Waals surface area contributed by atoms with Gasteiger partial charge < -0.3 is 14.6 Å². The summed E-state index contributed by atoms with van der Waals surface area (Å²) in [7, 11) is 1.61. The summed E-state index contributed by atoms with van der Waals surface area (Å²) in [6.45, 7) is 0.433. The lowest BCUT2D eigenvalue weighted by Crippen LogP contribution is -2.31. The SMILES string of the molecule is COc1ccccc1COC[C@@H](O)Cn1nc(-c2cccs2)c2ccccc2c1=O. The van der Waals surface area contributed by atoms with Crippen molar-refractivity contribution in [3.05, 3.63) is 82.0 Å². The summed E-state index contributed by atoms with van der Waals surface area (Å²) in [6.07, 6.45) is -0.873. The summed E-state index contributed by atoms with van der Waals surface area (Å²) in [4.78, 5) is 13.9. The average molecular weight is 423 g/mol. The second kappa shape index (κ2) is 9.21. The molecule has 4 aromatic rings. The fraction of sp³-hybridized carbons (Fsp3) is 0.217. The predicted molar refractivity (Wildman–Crippen MR) is 118 cm³/mol. The standard InChI is InChI=1S/C23H22N2O4S/c1-28-20-10-5-2-7-16(20)14-29-15-17(26)13-25-23(27)19-9-4-3-8-18(19)22(24-25)21-11-6-12-30-21/h2-12,17,26H,13-15H2,1H3/t17-/m0/s1. The molecule has 0 aliphatic heterocycles. The van der Waals surface area contributed by atoms with Gasteiger partial charge in [0.2, 0.25) is 0 Å². The van der Waals surface area contributed by atoms with E-state index in [0.29, 0.717) is 12.0 Å². The first kappa shape index (κ1) is 20.3. The highest BCUT2D eigenvalue weighted by Gasteiger charge is 2.15. The van der Waals surface area contributed by atoms with Crippen molar-refractivity contribution in [3.8, 4) is 16.3 Å². The number of benzene rings is 2. The van der Waals surface area contributed by atoms with E-state index in [1.165, 1.54) is 4.68 Å². The first-order chi connectivity index (χ1) is 14.7. The minimum Gasteiger partial charge on any atom is -0.496 e. The molecule has 0 saturated heterocycles. The van der Waals surface area contributed by atoms with E-state index in [4.69, 9.17) is 9.47 Å². The zero-order valence-electron chi connectivity index (χ0n) is 16.5. The third-order valence-corrected chi connectivity index (χ3v) is 5.64. The molecule has 1 atom stereocenters. The fourth-order valence-electron chi connectivity index (χ4n) is 3.33. The molecule has 0 bridgehead atoms. The normalized spacial score (nSPS) is 12.2. The number of aromatic nitrogens is 2. The van der Waals surface area contributed by atoms with Gasteiger partial charge in [0.1, 0.15) is 11.4 Å². The van der Waals surface area contributed by atoms with E-state index in [1.54, 1.807) is 24.5 Å². The molecule has 0 aliphatic rings. The lowest BCUT2D eigenvalue weighted by Gasteiger charge is -2.15. The molecule has 2 aromatic carbocycles. The lowest BCUT2D eigenvalue weighted by molar-refractivity contribution is 0.0176. The highest BCUT2D eigenvalue weighted by molar-refractivity contribution is 7.13. The zero-order chi connectivity index (χ0) is 20.9. The average Bonchev–Trinajstić information content (AvgIpc) is 3.31. The second-order valence-electron chi connectivity index (χ2n) is 6.84. The van der Waals surface area contributed by atoms with Crippen molar-refractivity contribution >= 4 is 22.1 Å². The topological polar surface area (TPSA) is 73.6 Å². The molecule has 0 saturated carbocycles. The third kappa shape index (κ3) is 4.28. The molecule has 0 unspecified atom stereocenters. The van der Waals surface area contributed by atoms with Crippen LogP contribution in [0.4, 0.5) is 0 Å². The van der Waals surface area contributed by atoms with Gasteiger partial charge in [0, 0.05) is 10.9 Å². The molecule has 2 aromatic heterocycles. The third-order valence-electron chi connectivity index (χ3n) is 4.77. The Labute approximate surface area is 177 Å². The summed E-state index contributed by atoms with van der Waals surface area (Å²) in [6, 6.07) is 18.9. The molecule has 2 heterocycles. The second-order valence-corrected chi connectivity index (χ2v) is 7.79. The van der Waals surface area contributed by atoms with E-state index in [-0.39, 0.29) is 18.7 Å². The maximum Gasteiger partial charge on any atom is 0.274 e. The largest absolute Gasteiger partial charge is 0.496 e. The Morgan fingerprint density at radius 3 is 2.60 bits per heavy atom. The van der Waals surface area contributed by atoms with Crippen LogP contribution in [0.25, 0.3) is 21.3 Å². The van der Waals surface area contributed by atoms with Crippen LogP contribution in [0.5, 0.6) is 5.75 Å². The van der Waals surface area contributed by atoms with Crippen LogP contribution in [-0.4, -0.2) is 34.7 Å². The number of hydrogen-bond donors (Lipinski definition) is 1. The van der Waals surface area contributed by atoms with E-state index >= 15 is 0 Å². The van der Waals surface area contributed by atoms with Crippen molar-refractivity contribution < 1.29 is 14.6 Å². The minimum absolute atomic E-state index is 0.0496. The van der Waals surface area contributed by atoms with Gasteiger partial charge in [0.25, 0.3) is 5.56 Å². The first-order valence-electron chi connectivity index (χ1n) is 9.59. The molecule has 0 spiro atoms. The Balaban J connectivity index is 1.52. The minimum atomic E-state index is -0.873. The van der Waals surface area contributed by atoms with Crippen LogP contribution in [0.1, 0.15) is 5.56 Å². The Morgan fingerprint density at radius 1 is 1.07 bits per heavy atom. The maximum absolute atomic E-state index is 12.9. The van der Waals surface area contributed by atoms with E-state index in [0.717, 1.165) is 27.3 Å². The van der Waals surface area contributed by atoms with Gasteiger partial charge in [0.15, 0.2) is 0 Å². The number of nitrogens with zero attached hydrogens (tertiary/aromatic N) is 2. The fourth-order valence-corrected chi connectivity index (χ4v) is 4.06. The molecule has 0 fully saturated rings. The van der Waals surface area contributed by atoms with Crippen molar-refractivity contribution in [1.82, 2.24) is 9.78 Å². The summed E-state index contributed by atoms with van der Waals surface area (Å²) in [5.74, 6) is 0.736. The molecule has 1 N–H and O–H groups in total. The van der Waals surface area contributed by atoms with Crippen LogP contribution in [0, 0.1) is 0 Å². The van der Waals surface area contributed by atoms with E-state index in [1.807, 2.05) is 60.0 Å². The van der Waals surface area contributed by atoms with Gasteiger partial charge in [0.05, 0.1) is 43.2 Å². The summed E-state index contributed by atoms with van der Waals surface area (Å²) >= 11 is 1.56. The number of methoxy groups -OCH3 is 1. The summed E-state index contributed by atoms with van der Waals surface area (Å²) in [5, 5.41) is 18.4.